The van der Waals surface area contributed by atoms with Crippen LogP contribution < -0.4 is 4.74 Å². The van der Waals surface area contributed by atoms with Crippen molar-refractivity contribution >= 4 is 22.2 Å². The van der Waals surface area contributed by atoms with Gasteiger partial charge in [-0.1, -0.05) is 90.8 Å². The number of ether oxygens (including phenoxy) is 1. The summed E-state index contributed by atoms with van der Waals surface area (Å²) in [6, 6.07) is 28.8. The molecule has 1 saturated heterocycles. The maximum Gasteiger partial charge on any atom is 0.119 e. The minimum Gasteiger partial charge on any atom is -0.494 e. The first kappa shape index (κ1) is 22.6. The van der Waals surface area contributed by atoms with E-state index in [0.29, 0.717) is 0 Å². The van der Waals surface area contributed by atoms with Crippen LogP contribution in [0.3, 0.4) is 0 Å². The summed E-state index contributed by atoms with van der Waals surface area (Å²) in [5.74, 6) is 0.912. The standard InChI is InChI=1S/C29H32ClNO/c30-29(26-14-6-2-7-15-26)28(24-12-4-1-5-13-24)25-16-18-27(19-17-25)32-23-11-10-22-31-20-8-3-9-21-31/h1-2,4-7,12-19H,3,8-11,20-23H2. The molecular formula is C29H32ClNO. The van der Waals surface area contributed by atoms with Crippen LogP contribution in [-0.2, 0) is 0 Å². The van der Waals surface area contributed by atoms with Crippen molar-refractivity contribution in [1.29, 1.82) is 0 Å². The zero-order chi connectivity index (χ0) is 22.0. The highest BCUT2D eigenvalue weighted by molar-refractivity contribution is 6.53. The monoisotopic (exact) mass is 445 g/mol. The summed E-state index contributed by atoms with van der Waals surface area (Å²) in [6.07, 6.45) is 6.40. The lowest BCUT2D eigenvalue weighted by Crippen LogP contribution is -2.30. The van der Waals surface area contributed by atoms with Crippen molar-refractivity contribution < 1.29 is 4.74 Å². The molecule has 0 atom stereocenters. The van der Waals surface area contributed by atoms with E-state index >= 15 is 0 Å². The van der Waals surface area contributed by atoms with Gasteiger partial charge < -0.3 is 9.64 Å². The van der Waals surface area contributed by atoms with Crippen molar-refractivity contribution in [3.8, 4) is 5.75 Å². The molecule has 3 heteroatoms. The van der Waals surface area contributed by atoms with E-state index in [9.17, 15) is 0 Å². The molecule has 1 fully saturated rings. The smallest absolute Gasteiger partial charge is 0.119 e. The molecule has 0 amide bonds. The average Bonchev–Trinajstić information content (AvgIpc) is 2.87. The fourth-order valence-corrected chi connectivity index (χ4v) is 4.63. The predicted molar refractivity (Wildman–Crippen MR) is 136 cm³/mol. The maximum absolute atomic E-state index is 6.91. The van der Waals surface area contributed by atoms with Gasteiger partial charge in [-0.05, 0) is 74.1 Å². The number of rotatable bonds is 9. The van der Waals surface area contributed by atoms with Crippen molar-refractivity contribution in [1.82, 2.24) is 4.90 Å². The van der Waals surface area contributed by atoms with E-state index in [1.807, 2.05) is 48.5 Å². The first-order chi connectivity index (χ1) is 15.8. The summed E-state index contributed by atoms with van der Waals surface area (Å²) in [4.78, 5) is 2.59. The molecule has 4 rings (SSSR count). The van der Waals surface area contributed by atoms with Crippen LogP contribution in [0.5, 0.6) is 5.75 Å². The Kier molecular flexibility index (Phi) is 8.42. The number of unbranched alkanes of at least 4 members (excludes halogenated alkanes) is 1. The van der Waals surface area contributed by atoms with Gasteiger partial charge in [0, 0.05) is 5.57 Å². The molecule has 0 aromatic heterocycles. The van der Waals surface area contributed by atoms with Crippen LogP contribution in [-0.4, -0.2) is 31.1 Å². The van der Waals surface area contributed by atoms with Gasteiger partial charge in [0.05, 0.1) is 11.6 Å². The van der Waals surface area contributed by atoms with Crippen molar-refractivity contribution in [3.63, 3.8) is 0 Å². The maximum atomic E-state index is 6.91. The minimum atomic E-state index is 0.753. The normalized spacial score (nSPS) is 15.3. The molecular weight excluding hydrogens is 414 g/mol. The highest BCUT2D eigenvalue weighted by Crippen LogP contribution is 2.35. The Morgan fingerprint density at radius 1 is 0.688 bits per heavy atom. The lowest BCUT2D eigenvalue weighted by atomic mass is 9.95. The zero-order valence-electron chi connectivity index (χ0n) is 18.7. The van der Waals surface area contributed by atoms with E-state index in [4.69, 9.17) is 16.3 Å². The van der Waals surface area contributed by atoms with E-state index in [-0.39, 0.29) is 0 Å². The van der Waals surface area contributed by atoms with Crippen LogP contribution in [0.1, 0.15) is 48.8 Å². The lowest BCUT2D eigenvalue weighted by Gasteiger charge is -2.26. The van der Waals surface area contributed by atoms with Crippen molar-refractivity contribution in [2.24, 2.45) is 0 Å². The van der Waals surface area contributed by atoms with Gasteiger partial charge in [0.1, 0.15) is 5.75 Å². The lowest BCUT2D eigenvalue weighted by molar-refractivity contribution is 0.216. The zero-order valence-corrected chi connectivity index (χ0v) is 19.4. The summed E-state index contributed by atoms with van der Waals surface area (Å²) in [5, 5.41) is 0.753. The van der Waals surface area contributed by atoms with Crippen LogP contribution in [0.25, 0.3) is 10.6 Å². The molecule has 0 bridgehead atoms. The summed E-state index contributed by atoms with van der Waals surface area (Å²) in [7, 11) is 0. The fraction of sp³-hybridized carbons (Fsp3) is 0.310. The predicted octanol–water partition coefficient (Wildman–Crippen LogP) is 7.49. The van der Waals surface area contributed by atoms with Gasteiger partial charge in [-0.15, -0.1) is 0 Å². The van der Waals surface area contributed by atoms with Gasteiger partial charge in [0.25, 0.3) is 0 Å². The molecule has 3 aromatic rings. The number of likely N-dealkylation sites (tertiary alicyclic amines) is 1. The molecule has 0 unspecified atom stereocenters. The summed E-state index contributed by atoms with van der Waals surface area (Å²) in [6.45, 7) is 4.50. The summed E-state index contributed by atoms with van der Waals surface area (Å²) in [5.41, 5.74) is 4.24. The van der Waals surface area contributed by atoms with Gasteiger partial charge in [-0.25, -0.2) is 0 Å². The van der Waals surface area contributed by atoms with Gasteiger partial charge >= 0.3 is 0 Å². The van der Waals surface area contributed by atoms with Crippen molar-refractivity contribution in [3.05, 3.63) is 102 Å². The number of hydrogen-bond donors (Lipinski definition) is 0. The summed E-state index contributed by atoms with van der Waals surface area (Å²) >= 11 is 6.91. The Hall–Kier alpha value is -2.55. The number of benzene rings is 3. The first-order valence-electron chi connectivity index (χ1n) is 11.8. The first-order valence-corrected chi connectivity index (χ1v) is 12.2. The molecule has 0 aliphatic carbocycles. The Labute approximate surface area is 197 Å². The minimum absolute atomic E-state index is 0.753. The number of nitrogens with zero attached hydrogens (tertiary/aromatic N) is 1. The third-order valence-corrected chi connectivity index (χ3v) is 6.45. The molecule has 0 spiro atoms. The molecule has 1 aliphatic heterocycles. The van der Waals surface area contributed by atoms with Crippen LogP contribution in [0.4, 0.5) is 0 Å². The van der Waals surface area contributed by atoms with Gasteiger partial charge in [-0.2, -0.15) is 0 Å². The highest BCUT2D eigenvalue weighted by Gasteiger charge is 2.13. The Bertz CT molecular complexity index is 977. The van der Waals surface area contributed by atoms with Crippen molar-refractivity contribution in [2.45, 2.75) is 32.1 Å². The average molecular weight is 446 g/mol. The second-order valence-electron chi connectivity index (χ2n) is 8.40. The summed E-state index contributed by atoms with van der Waals surface area (Å²) < 4.78 is 6.01. The number of halogens is 1. The van der Waals surface area contributed by atoms with E-state index in [2.05, 4.69) is 41.3 Å². The molecule has 1 aliphatic rings. The third kappa shape index (κ3) is 6.25. The Morgan fingerprint density at radius 2 is 1.28 bits per heavy atom. The van der Waals surface area contributed by atoms with Crippen LogP contribution in [0, 0.1) is 0 Å². The van der Waals surface area contributed by atoms with Gasteiger partial charge in [-0.3, -0.25) is 0 Å². The quantitative estimate of drug-likeness (QED) is 0.250. The van der Waals surface area contributed by atoms with Crippen molar-refractivity contribution in [2.75, 3.05) is 26.2 Å². The largest absolute Gasteiger partial charge is 0.494 e. The van der Waals surface area contributed by atoms with E-state index < -0.39 is 0 Å². The fourth-order valence-electron chi connectivity index (χ4n) is 4.28. The van der Waals surface area contributed by atoms with Crippen LogP contribution in [0.15, 0.2) is 84.9 Å². The molecule has 32 heavy (non-hydrogen) atoms. The second-order valence-corrected chi connectivity index (χ2v) is 8.78. The number of hydrogen-bond acceptors (Lipinski definition) is 2. The molecule has 2 nitrogen and oxygen atoms in total. The molecule has 0 saturated carbocycles. The van der Waals surface area contributed by atoms with Gasteiger partial charge in [0.2, 0.25) is 0 Å². The molecule has 0 N–H and O–H groups in total. The topological polar surface area (TPSA) is 12.5 Å². The van der Waals surface area contributed by atoms with Crippen LogP contribution >= 0.6 is 11.6 Å². The molecule has 1 heterocycles. The van der Waals surface area contributed by atoms with E-state index in [1.54, 1.807) is 0 Å². The van der Waals surface area contributed by atoms with Gasteiger partial charge in [0.15, 0.2) is 0 Å². The van der Waals surface area contributed by atoms with Crippen LogP contribution in [0.2, 0.25) is 0 Å². The Balaban J connectivity index is 1.41. The number of piperidine rings is 1. The second kappa shape index (κ2) is 11.9. The Morgan fingerprint density at radius 3 is 1.94 bits per heavy atom. The molecule has 3 aromatic carbocycles. The molecule has 0 radical (unpaired) electrons. The highest BCUT2D eigenvalue weighted by atomic mass is 35.5. The molecule has 166 valence electrons. The van der Waals surface area contributed by atoms with E-state index in [1.165, 1.54) is 45.3 Å². The SMILES string of the molecule is ClC(=C(c1ccccc1)c1ccc(OCCCCN2CCCCC2)cc1)c1ccccc1. The third-order valence-electron chi connectivity index (χ3n) is 6.04. The van der Waals surface area contributed by atoms with E-state index in [0.717, 1.165) is 46.1 Å².